The zero-order chi connectivity index (χ0) is 21.5. The lowest BCUT2D eigenvalue weighted by atomic mass is 10.0. The van der Waals surface area contributed by atoms with Gasteiger partial charge in [0.15, 0.2) is 0 Å². The van der Waals surface area contributed by atoms with Crippen molar-refractivity contribution in [1.29, 1.82) is 0 Å². The van der Waals surface area contributed by atoms with Gasteiger partial charge < -0.3 is 15.1 Å². The molecule has 1 aromatic carbocycles. The average Bonchev–Trinajstić information content (AvgIpc) is 2.80. The highest BCUT2D eigenvalue weighted by molar-refractivity contribution is 5.52. The molecule has 3 heterocycles. The van der Waals surface area contributed by atoms with E-state index in [4.69, 9.17) is 9.97 Å². The van der Waals surface area contributed by atoms with Crippen molar-refractivity contribution < 1.29 is 0 Å². The number of fused-ring (bicyclic) bond motifs is 1. The molecule has 0 spiro atoms. The minimum absolute atomic E-state index is 0.916. The first-order chi connectivity index (χ1) is 15.2. The molecule has 2 aliphatic heterocycles. The number of rotatable bonds is 9. The second-order valence-corrected chi connectivity index (χ2v) is 9.02. The van der Waals surface area contributed by atoms with Gasteiger partial charge in [-0.1, -0.05) is 56.5 Å². The van der Waals surface area contributed by atoms with E-state index in [-0.39, 0.29) is 0 Å². The fourth-order valence-corrected chi connectivity index (χ4v) is 4.49. The van der Waals surface area contributed by atoms with Crippen LogP contribution >= 0.6 is 0 Å². The van der Waals surface area contributed by atoms with Crippen LogP contribution in [0.2, 0.25) is 0 Å². The number of aromatic nitrogens is 2. The van der Waals surface area contributed by atoms with Gasteiger partial charge in [-0.25, -0.2) is 4.98 Å². The highest BCUT2D eigenvalue weighted by Crippen LogP contribution is 2.28. The summed E-state index contributed by atoms with van der Waals surface area (Å²) in [6, 6.07) is 10.8. The van der Waals surface area contributed by atoms with Gasteiger partial charge >= 0.3 is 0 Å². The van der Waals surface area contributed by atoms with E-state index >= 15 is 0 Å². The van der Waals surface area contributed by atoms with Crippen LogP contribution in [0.1, 0.15) is 49.4 Å². The van der Waals surface area contributed by atoms with Gasteiger partial charge in [-0.3, -0.25) is 4.90 Å². The molecular weight excluding hydrogens is 384 g/mol. The predicted octanol–water partition coefficient (Wildman–Crippen LogP) is 3.78. The Hall–Kier alpha value is -2.18. The van der Waals surface area contributed by atoms with Crippen LogP contribution in [0.3, 0.4) is 0 Å². The molecule has 0 radical (unpaired) electrons. The Kier molecular flexibility index (Phi) is 7.76. The molecule has 1 fully saturated rings. The lowest BCUT2D eigenvalue weighted by molar-refractivity contribution is 0.243. The number of benzene rings is 1. The van der Waals surface area contributed by atoms with Crippen LogP contribution < -0.4 is 10.2 Å². The molecule has 1 saturated heterocycles. The first-order valence-electron chi connectivity index (χ1n) is 12.1. The van der Waals surface area contributed by atoms with E-state index in [1.54, 1.807) is 0 Å². The Labute approximate surface area is 187 Å². The number of likely N-dealkylation sites (N-methyl/N-ethyl adjacent to an activating group) is 1. The standard InChI is InChI=1S/C25H38N6/c1-3-4-5-9-13-26-24-22-20-30(19-21-10-7-6-8-11-21)14-12-23(22)27-25(28-24)31-17-15-29(2)16-18-31/h6-8,10-11H,3-5,9,12-20H2,1-2H3,(H,26,27,28). The van der Waals surface area contributed by atoms with Crippen LogP contribution in [0, 0.1) is 0 Å². The van der Waals surface area contributed by atoms with E-state index in [0.717, 1.165) is 70.5 Å². The van der Waals surface area contributed by atoms with E-state index in [1.165, 1.54) is 42.5 Å². The van der Waals surface area contributed by atoms with Crippen molar-refractivity contribution in [1.82, 2.24) is 19.8 Å². The van der Waals surface area contributed by atoms with Crippen molar-refractivity contribution in [2.24, 2.45) is 0 Å². The number of hydrogen-bond donors (Lipinski definition) is 1. The van der Waals surface area contributed by atoms with Crippen LogP contribution in [0.5, 0.6) is 0 Å². The van der Waals surface area contributed by atoms with E-state index in [1.807, 2.05) is 0 Å². The maximum atomic E-state index is 5.05. The molecule has 0 atom stereocenters. The topological polar surface area (TPSA) is 47.5 Å². The molecule has 2 aliphatic rings. The average molecular weight is 423 g/mol. The molecule has 6 heteroatoms. The third kappa shape index (κ3) is 5.95. The smallest absolute Gasteiger partial charge is 0.227 e. The normalized spacial score (nSPS) is 17.5. The summed E-state index contributed by atoms with van der Waals surface area (Å²) in [5.74, 6) is 1.98. The summed E-state index contributed by atoms with van der Waals surface area (Å²) in [5, 5.41) is 3.69. The second kappa shape index (κ2) is 10.9. The summed E-state index contributed by atoms with van der Waals surface area (Å²) in [6.07, 6.45) is 6.05. The van der Waals surface area contributed by atoms with Crippen molar-refractivity contribution in [3.63, 3.8) is 0 Å². The molecule has 6 nitrogen and oxygen atoms in total. The third-order valence-corrected chi connectivity index (χ3v) is 6.49. The molecule has 168 valence electrons. The van der Waals surface area contributed by atoms with Crippen LogP contribution in [0.4, 0.5) is 11.8 Å². The van der Waals surface area contributed by atoms with E-state index < -0.39 is 0 Å². The molecule has 0 saturated carbocycles. The number of nitrogens with one attached hydrogen (secondary N) is 1. The minimum atomic E-state index is 0.916. The summed E-state index contributed by atoms with van der Waals surface area (Å²) >= 11 is 0. The van der Waals surface area contributed by atoms with Gasteiger partial charge in [0.05, 0.1) is 5.69 Å². The molecule has 0 bridgehead atoms. The highest BCUT2D eigenvalue weighted by atomic mass is 15.3. The summed E-state index contributed by atoms with van der Waals surface area (Å²) in [5.41, 5.74) is 3.91. The van der Waals surface area contributed by atoms with Crippen molar-refractivity contribution in [2.45, 2.75) is 52.1 Å². The minimum Gasteiger partial charge on any atom is -0.370 e. The first kappa shape index (κ1) is 22.0. The largest absolute Gasteiger partial charge is 0.370 e. The zero-order valence-electron chi connectivity index (χ0n) is 19.3. The van der Waals surface area contributed by atoms with Gasteiger partial charge in [-0.2, -0.15) is 4.98 Å². The molecular formula is C25H38N6. The molecule has 4 rings (SSSR count). The monoisotopic (exact) mass is 422 g/mol. The second-order valence-electron chi connectivity index (χ2n) is 9.02. The summed E-state index contributed by atoms with van der Waals surface area (Å²) in [4.78, 5) is 17.4. The van der Waals surface area contributed by atoms with Crippen molar-refractivity contribution in [3.8, 4) is 0 Å². The molecule has 0 aliphatic carbocycles. The zero-order valence-corrected chi connectivity index (χ0v) is 19.3. The maximum Gasteiger partial charge on any atom is 0.227 e. The number of hydrogen-bond acceptors (Lipinski definition) is 6. The fraction of sp³-hybridized carbons (Fsp3) is 0.600. The lowest BCUT2D eigenvalue weighted by Gasteiger charge is -2.34. The molecule has 31 heavy (non-hydrogen) atoms. The third-order valence-electron chi connectivity index (χ3n) is 6.49. The summed E-state index contributed by atoms with van der Waals surface area (Å²) < 4.78 is 0. The SMILES string of the molecule is CCCCCCNc1nc(N2CCN(C)CC2)nc2c1CN(Cc1ccccc1)CC2. The fourth-order valence-electron chi connectivity index (χ4n) is 4.49. The molecule has 0 unspecified atom stereocenters. The summed E-state index contributed by atoms with van der Waals surface area (Å²) in [7, 11) is 2.19. The van der Waals surface area contributed by atoms with E-state index in [9.17, 15) is 0 Å². The van der Waals surface area contributed by atoms with Gasteiger partial charge in [0.1, 0.15) is 5.82 Å². The highest BCUT2D eigenvalue weighted by Gasteiger charge is 2.25. The number of nitrogens with zero attached hydrogens (tertiary/aromatic N) is 5. The van der Waals surface area contributed by atoms with Crippen LogP contribution in [-0.4, -0.2) is 66.1 Å². The van der Waals surface area contributed by atoms with E-state index in [0.29, 0.717) is 0 Å². The number of unbranched alkanes of at least 4 members (excludes halogenated alkanes) is 3. The Morgan fingerprint density at radius 1 is 0.935 bits per heavy atom. The molecule has 1 aromatic heterocycles. The number of anilines is 2. The lowest BCUT2D eigenvalue weighted by Crippen LogP contribution is -2.45. The van der Waals surface area contributed by atoms with Gasteiger partial charge in [-0.05, 0) is 19.0 Å². The Morgan fingerprint density at radius 3 is 2.52 bits per heavy atom. The van der Waals surface area contributed by atoms with Gasteiger partial charge in [0.2, 0.25) is 5.95 Å². The van der Waals surface area contributed by atoms with Crippen molar-refractivity contribution >= 4 is 11.8 Å². The Bertz CT molecular complexity index is 816. The van der Waals surface area contributed by atoms with E-state index in [2.05, 4.69) is 64.3 Å². The quantitative estimate of drug-likeness (QED) is 0.621. The predicted molar refractivity (Wildman–Crippen MR) is 129 cm³/mol. The Balaban J connectivity index is 1.50. The van der Waals surface area contributed by atoms with Crippen LogP contribution in [0.15, 0.2) is 30.3 Å². The maximum absolute atomic E-state index is 5.05. The first-order valence-corrected chi connectivity index (χ1v) is 12.1. The van der Waals surface area contributed by atoms with Crippen molar-refractivity contribution in [2.75, 3.05) is 56.5 Å². The van der Waals surface area contributed by atoms with Gasteiger partial charge in [0.25, 0.3) is 0 Å². The van der Waals surface area contributed by atoms with Crippen molar-refractivity contribution in [3.05, 3.63) is 47.2 Å². The Morgan fingerprint density at radius 2 is 1.74 bits per heavy atom. The number of piperazine rings is 1. The van der Waals surface area contributed by atoms with Gasteiger partial charge in [-0.15, -0.1) is 0 Å². The summed E-state index contributed by atoms with van der Waals surface area (Å²) in [6.45, 7) is 10.4. The van der Waals surface area contributed by atoms with Gasteiger partial charge in [0, 0.05) is 64.3 Å². The van der Waals surface area contributed by atoms with Crippen LogP contribution in [-0.2, 0) is 19.5 Å². The van der Waals surface area contributed by atoms with Crippen LogP contribution in [0.25, 0.3) is 0 Å². The molecule has 2 aromatic rings. The molecule has 1 N–H and O–H groups in total. The molecule has 0 amide bonds.